The van der Waals surface area contributed by atoms with Gasteiger partial charge >= 0.3 is 5.97 Å². The van der Waals surface area contributed by atoms with Crippen LogP contribution in [0.2, 0.25) is 0 Å². The summed E-state index contributed by atoms with van der Waals surface area (Å²) in [7, 11) is 3.18. The molecule has 3 rings (SSSR count). The Balaban J connectivity index is 1.63. The number of guanidine groups is 1. The number of aliphatic imine (C=N–C) groups is 1. The molecule has 0 saturated carbocycles. The summed E-state index contributed by atoms with van der Waals surface area (Å²) in [6, 6.07) is 3.97. The number of nitrogens with two attached hydrogens (primary N) is 1. The molecular weight excluding hydrogens is 384 g/mol. The number of likely N-dealkylation sites (tertiary alicyclic amines) is 1. The van der Waals surface area contributed by atoms with E-state index < -0.39 is 0 Å². The van der Waals surface area contributed by atoms with E-state index in [9.17, 15) is 9.59 Å². The standard InChI is InChI=1S/C21H32N6O3/c1-14-12-27(13-17(14)20(29)30-3)21(23-2)25-11-16-5-4-8-24-19(16)26-9-6-15(7-10-26)18(22)28/h4-5,8,14-15,17H,6-7,9-13H2,1-3H3,(H2,22,28)(H,23,25). The smallest absolute Gasteiger partial charge is 0.310 e. The second kappa shape index (κ2) is 9.77. The lowest BCUT2D eigenvalue weighted by atomic mass is 9.96. The Kier molecular flexibility index (Phi) is 7.12. The minimum atomic E-state index is -0.216. The molecule has 2 fully saturated rings. The number of rotatable bonds is 5. The number of ether oxygens (including phenoxy) is 1. The fourth-order valence-corrected chi connectivity index (χ4v) is 4.33. The van der Waals surface area contributed by atoms with Crippen LogP contribution in [0.1, 0.15) is 25.3 Å². The van der Waals surface area contributed by atoms with Crippen LogP contribution in [0.3, 0.4) is 0 Å². The summed E-state index contributed by atoms with van der Waals surface area (Å²) in [5, 5.41) is 3.42. The first kappa shape index (κ1) is 21.9. The third-order valence-corrected chi connectivity index (χ3v) is 6.13. The van der Waals surface area contributed by atoms with Gasteiger partial charge in [-0.2, -0.15) is 0 Å². The van der Waals surface area contributed by atoms with Crippen LogP contribution in [0, 0.1) is 17.8 Å². The molecule has 1 amide bonds. The zero-order valence-corrected chi connectivity index (χ0v) is 18.0. The van der Waals surface area contributed by atoms with E-state index in [1.165, 1.54) is 7.11 Å². The first-order valence-corrected chi connectivity index (χ1v) is 10.5. The highest BCUT2D eigenvalue weighted by Gasteiger charge is 2.37. The van der Waals surface area contributed by atoms with Crippen LogP contribution in [-0.2, 0) is 20.9 Å². The Hall–Kier alpha value is -2.84. The number of nitrogens with zero attached hydrogens (tertiary/aromatic N) is 4. The Bertz CT molecular complexity index is 791. The number of hydrogen-bond donors (Lipinski definition) is 2. The van der Waals surface area contributed by atoms with E-state index >= 15 is 0 Å². The third kappa shape index (κ3) is 4.83. The molecule has 2 aliphatic rings. The van der Waals surface area contributed by atoms with Gasteiger partial charge < -0.3 is 25.6 Å². The molecule has 0 aliphatic carbocycles. The predicted molar refractivity (Wildman–Crippen MR) is 115 cm³/mol. The fourth-order valence-electron chi connectivity index (χ4n) is 4.33. The average molecular weight is 417 g/mol. The van der Waals surface area contributed by atoms with Gasteiger partial charge in [-0.15, -0.1) is 0 Å². The average Bonchev–Trinajstić information content (AvgIpc) is 3.15. The van der Waals surface area contributed by atoms with E-state index in [-0.39, 0.29) is 29.6 Å². The maximum absolute atomic E-state index is 12.0. The zero-order valence-electron chi connectivity index (χ0n) is 18.0. The molecule has 2 saturated heterocycles. The number of amides is 1. The van der Waals surface area contributed by atoms with E-state index in [1.807, 2.05) is 12.1 Å². The summed E-state index contributed by atoms with van der Waals surface area (Å²) in [6.07, 6.45) is 3.29. The number of aromatic nitrogens is 1. The summed E-state index contributed by atoms with van der Waals surface area (Å²) in [6.45, 7) is 5.49. The van der Waals surface area contributed by atoms with Crippen LogP contribution in [0.15, 0.2) is 23.3 Å². The second-order valence-corrected chi connectivity index (χ2v) is 8.06. The van der Waals surface area contributed by atoms with Gasteiger partial charge in [-0.25, -0.2) is 4.98 Å². The number of esters is 1. The highest BCUT2D eigenvalue weighted by molar-refractivity contribution is 5.82. The fraction of sp³-hybridized carbons (Fsp3) is 0.619. The van der Waals surface area contributed by atoms with E-state index in [2.05, 4.69) is 32.0 Å². The molecule has 1 aromatic rings. The molecule has 0 radical (unpaired) electrons. The maximum Gasteiger partial charge on any atom is 0.310 e. The first-order chi connectivity index (χ1) is 14.4. The van der Waals surface area contributed by atoms with Crippen molar-refractivity contribution in [1.82, 2.24) is 15.2 Å². The van der Waals surface area contributed by atoms with Crippen molar-refractivity contribution >= 4 is 23.7 Å². The predicted octanol–water partition coefficient (Wildman–Crippen LogP) is 0.600. The van der Waals surface area contributed by atoms with E-state index in [4.69, 9.17) is 10.5 Å². The monoisotopic (exact) mass is 416 g/mol. The van der Waals surface area contributed by atoms with Crippen molar-refractivity contribution in [2.75, 3.05) is 45.2 Å². The lowest BCUT2D eigenvalue weighted by Crippen LogP contribution is -2.41. The molecule has 30 heavy (non-hydrogen) atoms. The molecule has 164 valence electrons. The van der Waals surface area contributed by atoms with Crippen LogP contribution in [0.4, 0.5) is 5.82 Å². The molecule has 0 aromatic carbocycles. The van der Waals surface area contributed by atoms with Crippen LogP contribution in [0.25, 0.3) is 0 Å². The quantitative estimate of drug-likeness (QED) is 0.410. The molecule has 2 unspecified atom stereocenters. The molecule has 2 atom stereocenters. The van der Waals surface area contributed by atoms with Crippen molar-refractivity contribution in [2.24, 2.45) is 28.5 Å². The number of piperidine rings is 1. The van der Waals surface area contributed by atoms with Crippen LogP contribution < -0.4 is 16.0 Å². The Morgan fingerprint density at radius 3 is 2.70 bits per heavy atom. The van der Waals surface area contributed by atoms with Gasteiger partial charge in [0.2, 0.25) is 5.91 Å². The van der Waals surface area contributed by atoms with Gasteiger partial charge in [0.25, 0.3) is 0 Å². The number of pyridine rings is 1. The number of anilines is 1. The molecule has 9 nitrogen and oxygen atoms in total. The number of primary amides is 1. The summed E-state index contributed by atoms with van der Waals surface area (Å²) in [5.74, 6) is 1.30. The van der Waals surface area contributed by atoms with Crippen LogP contribution in [-0.4, -0.2) is 68.1 Å². The molecule has 3 N–H and O–H groups in total. The molecular formula is C21H32N6O3. The zero-order chi connectivity index (χ0) is 21.7. The van der Waals surface area contributed by atoms with Crippen molar-refractivity contribution in [3.05, 3.63) is 23.9 Å². The van der Waals surface area contributed by atoms with E-state index in [0.717, 1.165) is 49.8 Å². The van der Waals surface area contributed by atoms with E-state index in [1.54, 1.807) is 13.2 Å². The van der Waals surface area contributed by atoms with Gasteiger partial charge in [-0.3, -0.25) is 14.6 Å². The van der Waals surface area contributed by atoms with Gasteiger partial charge in [0.15, 0.2) is 5.96 Å². The molecule has 9 heteroatoms. The summed E-state index contributed by atoms with van der Waals surface area (Å²) >= 11 is 0. The lowest BCUT2D eigenvalue weighted by Gasteiger charge is -2.32. The molecule has 0 bridgehead atoms. The van der Waals surface area contributed by atoms with Crippen LogP contribution >= 0.6 is 0 Å². The summed E-state index contributed by atoms with van der Waals surface area (Å²) in [4.78, 5) is 36.7. The molecule has 3 heterocycles. The minimum absolute atomic E-state index is 0.0507. The lowest BCUT2D eigenvalue weighted by molar-refractivity contribution is -0.146. The largest absolute Gasteiger partial charge is 0.469 e. The molecule has 0 spiro atoms. The Morgan fingerprint density at radius 2 is 2.07 bits per heavy atom. The number of nitrogens with one attached hydrogen (secondary N) is 1. The number of carbonyl (C=O) groups is 2. The minimum Gasteiger partial charge on any atom is -0.469 e. The van der Waals surface area contributed by atoms with Crippen molar-refractivity contribution in [2.45, 2.75) is 26.3 Å². The highest BCUT2D eigenvalue weighted by atomic mass is 16.5. The molecule has 2 aliphatic heterocycles. The van der Waals surface area contributed by atoms with Crippen molar-refractivity contribution in [3.8, 4) is 0 Å². The van der Waals surface area contributed by atoms with Crippen molar-refractivity contribution in [1.29, 1.82) is 0 Å². The van der Waals surface area contributed by atoms with Gasteiger partial charge in [0.05, 0.1) is 13.0 Å². The van der Waals surface area contributed by atoms with Crippen LogP contribution in [0.5, 0.6) is 0 Å². The Labute approximate surface area is 177 Å². The number of hydrogen-bond acceptors (Lipinski definition) is 6. The van der Waals surface area contributed by atoms with Gasteiger partial charge in [-0.05, 0) is 24.8 Å². The molecule has 1 aromatic heterocycles. The Morgan fingerprint density at radius 1 is 1.33 bits per heavy atom. The van der Waals surface area contributed by atoms with Gasteiger partial charge in [-0.1, -0.05) is 13.0 Å². The van der Waals surface area contributed by atoms with E-state index in [0.29, 0.717) is 13.1 Å². The highest BCUT2D eigenvalue weighted by Crippen LogP contribution is 2.26. The van der Waals surface area contributed by atoms with Gasteiger partial charge in [0, 0.05) is 57.4 Å². The maximum atomic E-state index is 12.0. The number of carbonyl (C=O) groups excluding carboxylic acids is 2. The SMILES string of the molecule is CN=C(NCc1cccnc1N1CCC(C(N)=O)CC1)N1CC(C)C(C(=O)OC)C1. The third-order valence-electron chi connectivity index (χ3n) is 6.13. The topological polar surface area (TPSA) is 113 Å². The summed E-state index contributed by atoms with van der Waals surface area (Å²) in [5.41, 5.74) is 6.52. The number of methoxy groups -OCH3 is 1. The van der Waals surface area contributed by atoms with Crippen molar-refractivity contribution in [3.63, 3.8) is 0 Å². The van der Waals surface area contributed by atoms with Crippen molar-refractivity contribution < 1.29 is 14.3 Å². The second-order valence-electron chi connectivity index (χ2n) is 8.06. The normalized spacial score (nSPS) is 22.8. The van der Waals surface area contributed by atoms with Gasteiger partial charge in [0.1, 0.15) is 5.82 Å². The summed E-state index contributed by atoms with van der Waals surface area (Å²) < 4.78 is 4.93. The first-order valence-electron chi connectivity index (χ1n) is 10.5.